The van der Waals surface area contributed by atoms with Gasteiger partial charge in [-0.2, -0.15) is 8.78 Å². The first kappa shape index (κ1) is 23.2. The highest BCUT2D eigenvalue weighted by Crippen LogP contribution is 2.45. The predicted molar refractivity (Wildman–Crippen MR) is 119 cm³/mol. The Hall–Kier alpha value is -2.56. The maximum Gasteiger partial charge on any atom is 0.310 e. The van der Waals surface area contributed by atoms with Crippen LogP contribution in [-0.2, 0) is 33.3 Å². The number of fused-ring (bicyclic) bond motifs is 2. The number of halogens is 3. The van der Waals surface area contributed by atoms with Crippen LogP contribution in [0.5, 0.6) is 5.75 Å². The van der Waals surface area contributed by atoms with Gasteiger partial charge >= 0.3 is 5.92 Å². The van der Waals surface area contributed by atoms with Gasteiger partial charge in [-0.1, -0.05) is 12.1 Å². The molecule has 4 heterocycles. The Kier molecular flexibility index (Phi) is 5.86. The van der Waals surface area contributed by atoms with E-state index >= 15 is 0 Å². The first-order valence-corrected chi connectivity index (χ1v) is 11.5. The van der Waals surface area contributed by atoms with E-state index in [0.717, 1.165) is 5.56 Å². The zero-order chi connectivity index (χ0) is 24.1. The van der Waals surface area contributed by atoms with Gasteiger partial charge in [-0.05, 0) is 24.6 Å². The number of hydrogen-bond donors (Lipinski definition) is 1. The molecule has 0 saturated carbocycles. The van der Waals surface area contributed by atoms with Gasteiger partial charge in [-0.25, -0.2) is 9.97 Å². The lowest BCUT2D eigenvalue weighted by Gasteiger charge is -2.37. The summed E-state index contributed by atoms with van der Waals surface area (Å²) >= 11 is 6.19. The van der Waals surface area contributed by atoms with Crippen LogP contribution in [-0.4, -0.2) is 53.3 Å². The average Bonchev–Trinajstić information content (AvgIpc) is 3.39. The van der Waals surface area contributed by atoms with Gasteiger partial charge in [-0.3, -0.25) is 4.79 Å². The van der Waals surface area contributed by atoms with Crippen molar-refractivity contribution in [3.8, 4) is 5.75 Å². The number of benzene rings is 1. The second-order valence-corrected chi connectivity index (χ2v) is 9.16. The number of carbonyl (C=O) groups is 1. The van der Waals surface area contributed by atoms with Crippen LogP contribution in [0.2, 0.25) is 5.28 Å². The van der Waals surface area contributed by atoms with Crippen molar-refractivity contribution in [2.24, 2.45) is 0 Å². The van der Waals surface area contributed by atoms with Crippen molar-refractivity contribution < 1.29 is 27.8 Å². The minimum absolute atomic E-state index is 0.0383. The molecule has 182 valence electrons. The molecule has 1 saturated heterocycles. The van der Waals surface area contributed by atoms with Crippen LogP contribution >= 0.6 is 11.6 Å². The molecule has 5 rings (SSSR count). The van der Waals surface area contributed by atoms with E-state index in [2.05, 4.69) is 15.3 Å². The minimum atomic E-state index is -3.02. The van der Waals surface area contributed by atoms with Crippen LogP contribution in [0, 0.1) is 0 Å². The summed E-state index contributed by atoms with van der Waals surface area (Å²) in [5.74, 6) is -2.50. The largest absolute Gasteiger partial charge is 0.486 e. The van der Waals surface area contributed by atoms with Crippen molar-refractivity contribution in [1.29, 1.82) is 0 Å². The van der Waals surface area contributed by atoms with Crippen LogP contribution in [0.3, 0.4) is 0 Å². The zero-order valence-electron chi connectivity index (χ0n) is 18.9. The topological polar surface area (TPSA) is 85.8 Å². The first-order valence-electron chi connectivity index (χ1n) is 11.1. The van der Waals surface area contributed by atoms with Crippen molar-refractivity contribution in [3.63, 3.8) is 0 Å². The molecule has 1 aromatic carbocycles. The Morgan fingerprint density at radius 2 is 2.03 bits per heavy atom. The molecule has 8 nitrogen and oxygen atoms in total. The van der Waals surface area contributed by atoms with Crippen LogP contribution in [0.4, 0.5) is 14.6 Å². The van der Waals surface area contributed by atoms with Crippen molar-refractivity contribution in [1.82, 2.24) is 14.9 Å². The fourth-order valence-electron chi connectivity index (χ4n) is 4.85. The molecule has 1 aromatic heterocycles. The fraction of sp³-hybridized carbons (Fsp3) is 0.522. The van der Waals surface area contributed by atoms with E-state index < -0.39 is 24.2 Å². The molecule has 0 unspecified atom stereocenters. The standard InChI is InChI=1S/C23H25ClF2N4O4/c1-13(14-4-3-5-16-18(14)34-12-23(16,25)26)27-19-15-10-30(11-17(15)28-21(24)29-19)20(31)22(32-2)6-8-33-9-7-22/h3-5,13H,6-12H2,1-2H3,(H,27,28,29)/t13-/m1/s1. The van der Waals surface area contributed by atoms with Crippen molar-refractivity contribution in [2.45, 2.75) is 50.4 Å². The smallest absolute Gasteiger partial charge is 0.310 e. The maximum absolute atomic E-state index is 14.1. The highest BCUT2D eigenvalue weighted by molar-refractivity contribution is 6.28. The lowest BCUT2D eigenvalue weighted by atomic mass is 9.92. The number of amides is 1. The Bertz CT molecular complexity index is 1130. The lowest BCUT2D eigenvalue weighted by Crippen LogP contribution is -2.51. The Morgan fingerprint density at radius 3 is 2.76 bits per heavy atom. The van der Waals surface area contributed by atoms with E-state index in [1.807, 2.05) is 6.92 Å². The zero-order valence-corrected chi connectivity index (χ0v) is 19.6. The molecule has 34 heavy (non-hydrogen) atoms. The van der Waals surface area contributed by atoms with E-state index in [9.17, 15) is 13.6 Å². The number of nitrogens with one attached hydrogen (secondary N) is 1. The molecule has 0 bridgehead atoms. The van der Waals surface area contributed by atoms with Crippen molar-refractivity contribution in [3.05, 3.63) is 45.9 Å². The number of nitrogens with zero attached hydrogens (tertiary/aromatic N) is 3. The molecule has 0 spiro atoms. The van der Waals surface area contributed by atoms with Gasteiger partial charge in [-0.15, -0.1) is 0 Å². The van der Waals surface area contributed by atoms with Crippen LogP contribution < -0.4 is 10.1 Å². The number of ether oxygens (including phenoxy) is 3. The number of aromatic nitrogens is 2. The molecule has 1 atom stereocenters. The Balaban J connectivity index is 1.40. The summed E-state index contributed by atoms with van der Waals surface area (Å²) in [7, 11) is 1.54. The van der Waals surface area contributed by atoms with Gasteiger partial charge in [0.05, 0.1) is 30.4 Å². The number of anilines is 1. The lowest BCUT2D eigenvalue weighted by molar-refractivity contribution is -0.167. The number of carbonyl (C=O) groups excluding carboxylic acids is 1. The third kappa shape index (κ3) is 3.87. The first-order chi connectivity index (χ1) is 16.2. The van der Waals surface area contributed by atoms with E-state index in [1.165, 1.54) is 6.07 Å². The van der Waals surface area contributed by atoms with Crippen LogP contribution in [0.1, 0.15) is 48.2 Å². The molecule has 11 heteroatoms. The number of alkyl halides is 2. The van der Waals surface area contributed by atoms with Crippen molar-refractivity contribution >= 4 is 23.3 Å². The fourth-order valence-corrected chi connectivity index (χ4v) is 5.04. The normalized spacial score (nSPS) is 20.9. The molecule has 2 aromatic rings. The van der Waals surface area contributed by atoms with E-state index in [1.54, 1.807) is 24.1 Å². The van der Waals surface area contributed by atoms with Gasteiger partial charge in [0.15, 0.2) is 12.2 Å². The summed E-state index contributed by atoms with van der Waals surface area (Å²) in [5.41, 5.74) is 0.919. The van der Waals surface area contributed by atoms with Gasteiger partial charge in [0, 0.05) is 44.3 Å². The third-order valence-electron chi connectivity index (χ3n) is 6.78. The number of para-hydroxylation sites is 1. The minimum Gasteiger partial charge on any atom is -0.486 e. The second-order valence-electron chi connectivity index (χ2n) is 8.82. The molecule has 1 amide bonds. The summed E-state index contributed by atoms with van der Waals surface area (Å²) in [6, 6.07) is 4.29. The molecular weight excluding hydrogens is 470 g/mol. The number of hydrogen-bond acceptors (Lipinski definition) is 7. The van der Waals surface area contributed by atoms with E-state index in [4.69, 9.17) is 25.8 Å². The monoisotopic (exact) mass is 494 g/mol. The van der Waals surface area contributed by atoms with Crippen molar-refractivity contribution in [2.75, 3.05) is 32.2 Å². The Morgan fingerprint density at radius 1 is 1.26 bits per heavy atom. The van der Waals surface area contributed by atoms with Crippen LogP contribution in [0.25, 0.3) is 0 Å². The molecule has 3 aliphatic rings. The number of rotatable bonds is 5. The number of methoxy groups -OCH3 is 1. The van der Waals surface area contributed by atoms with E-state index in [-0.39, 0.29) is 35.6 Å². The SMILES string of the molecule is COC1(C(=O)N2Cc3nc(Cl)nc(N[C@H](C)c4cccc5c4OCC5(F)F)c3C2)CCOCC1. The summed E-state index contributed by atoms with van der Waals surface area (Å²) in [4.78, 5) is 23.8. The highest BCUT2D eigenvalue weighted by atomic mass is 35.5. The predicted octanol–water partition coefficient (Wildman–Crippen LogP) is 3.83. The average molecular weight is 495 g/mol. The molecular formula is C23H25ClF2N4O4. The van der Waals surface area contributed by atoms with Gasteiger partial charge in [0.25, 0.3) is 5.91 Å². The van der Waals surface area contributed by atoms with Gasteiger partial charge < -0.3 is 24.4 Å². The summed E-state index contributed by atoms with van der Waals surface area (Å²) in [6.45, 7) is 2.63. The molecule has 1 fully saturated rings. The quantitative estimate of drug-likeness (QED) is 0.632. The molecule has 3 aliphatic heterocycles. The third-order valence-corrected chi connectivity index (χ3v) is 6.95. The maximum atomic E-state index is 14.1. The van der Waals surface area contributed by atoms with E-state index in [0.29, 0.717) is 43.1 Å². The highest BCUT2D eigenvalue weighted by Gasteiger charge is 2.45. The summed E-state index contributed by atoms with van der Waals surface area (Å²) < 4.78 is 44.7. The summed E-state index contributed by atoms with van der Waals surface area (Å²) in [6.07, 6.45) is 0.959. The summed E-state index contributed by atoms with van der Waals surface area (Å²) in [5, 5.41) is 3.31. The van der Waals surface area contributed by atoms with Gasteiger partial charge in [0.2, 0.25) is 5.28 Å². The molecule has 0 radical (unpaired) electrons. The second kappa shape index (κ2) is 8.58. The van der Waals surface area contributed by atoms with Gasteiger partial charge in [0.1, 0.15) is 11.6 Å². The van der Waals surface area contributed by atoms with Crippen LogP contribution in [0.15, 0.2) is 18.2 Å². The molecule has 1 N–H and O–H groups in total. The molecule has 0 aliphatic carbocycles. The Labute approximate surface area is 200 Å².